The van der Waals surface area contributed by atoms with Crippen molar-refractivity contribution in [3.05, 3.63) is 24.3 Å². The van der Waals surface area contributed by atoms with E-state index in [0.717, 1.165) is 25.7 Å². The Bertz CT molecular complexity index is 554. The van der Waals surface area contributed by atoms with Gasteiger partial charge >= 0.3 is 5.97 Å². The summed E-state index contributed by atoms with van der Waals surface area (Å²) in [5.41, 5.74) is 0.699. The second-order valence-corrected chi connectivity index (χ2v) is 8.40. The fourth-order valence-corrected chi connectivity index (χ4v) is 5.42. The number of hydrogen-bond donors (Lipinski definition) is 2. The summed E-state index contributed by atoms with van der Waals surface area (Å²) in [4.78, 5) is 11.7. The molecule has 4 nitrogen and oxygen atoms in total. The van der Waals surface area contributed by atoms with E-state index in [1.807, 2.05) is 13.0 Å². The fraction of sp³-hybridized carbons (Fsp3) is 0.750. The molecule has 0 aromatic rings. The molecule has 0 aromatic heterocycles. The van der Waals surface area contributed by atoms with Gasteiger partial charge < -0.3 is 14.9 Å². The number of carbonyl (C=O) groups is 1. The van der Waals surface area contributed by atoms with Gasteiger partial charge in [0.25, 0.3) is 0 Å². The van der Waals surface area contributed by atoms with Crippen LogP contribution < -0.4 is 0 Å². The van der Waals surface area contributed by atoms with Crippen molar-refractivity contribution in [3.8, 4) is 0 Å². The second kappa shape index (κ2) is 6.30. The van der Waals surface area contributed by atoms with Crippen molar-refractivity contribution in [2.45, 2.75) is 52.1 Å². The third kappa shape index (κ3) is 2.64. The Hall–Kier alpha value is -1.13. The van der Waals surface area contributed by atoms with Crippen LogP contribution in [0.2, 0.25) is 0 Å². The Kier molecular flexibility index (Phi) is 4.65. The zero-order valence-electron chi connectivity index (χ0n) is 14.8. The number of ether oxygens (including phenoxy) is 1. The summed E-state index contributed by atoms with van der Waals surface area (Å²) in [5, 5.41) is 20.5. The van der Waals surface area contributed by atoms with Crippen LogP contribution in [0.25, 0.3) is 0 Å². The lowest BCUT2D eigenvalue weighted by atomic mass is 9.46. The fourth-order valence-electron chi connectivity index (χ4n) is 5.42. The SMILES string of the molecule is C=C1CCC2[C@](C)(CC[C@H](O)[C@]2(C)CO)[C@H]1/C=C/[C@H]1CCOC1=O. The van der Waals surface area contributed by atoms with E-state index in [2.05, 4.69) is 19.6 Å². The lowest BCUT2D eigenvalue weighted by Crippen LogP contribution is -2.57. The summed E-state index contributed by atoms with van der Waals surface area (Å²) < 4.78 is 5.05. The zero-order chi connectivity index (χ0) is 17.5. The van der Waals surface area contributed by atoms with Crippen molar-refractivity contribution in [1.29, 1.82) is 0 Å². The Morgan fingerprint density at radius 2 is 2.04 bits per heavy atom. The minimum Gasteiger partial charge on any atom is -0.465 e. The van der Waals surface area contributed by atoms with E-state index in [9.17, 15) is 15.0 Å². The molecule has 1 heterocycles. The van der Waals surface area contributed by atoms with Crippen molar-refractivity contribution in [2.24, 2.45) is 28.6 Å². The lowest BCUT2D eigenvalue weighted by molar-refractivity contribution is -0.146. The van der Waals surface area contributed by atoms with E-state index in [4.69, 9.17) is 4.74 Å². The van der Waals surface area contributed by atoms with Crippen LogP contribution in [0.3, 0.4) is 0 Å². The molecule has 4 heteroatoms. The number of rotatable bonds is 3. The van der Waals surface area contributed by atoms with Gasteiger partial charge in [-0.2, -0.15) is 0 Å². The third-order valence-electron chi connectivity index (χ3n) is 7.07. The second-order valence-electron chi connectivity index (χ2n) is 8.40. The molecule has 6 atom stereocenters. The minimum atomic E-state index is -0.466. The average molecular weight is 334 g/mol. The maximum Gasteiger partial charge on any atom is 0.312 e. The first kappa shape index (κ1) is 17.7. The van der Waals surface area contributed by atoms with Crippen LogP contribution in [0.1, 0.15) is 46.0 Å². The van der Waals surface area contributed by atoms with Crippen LogP contribution in [0.5, 0.6) is 0 Å². The average Bonchev–Trinajstić information content (AvgIpc) is 2.96. The number of aliphatic hydroxyl groups is 2. The molecule has 2 N–H and O–H groups in total. The summed E-state index contributed by atoms with van der Waals surface area (Å²) in [6.45, 7) is 9.10. The molecule has 1 unspecified atom stereocenters. The Morgan fingerprint density at radius 1 is 1.29 bits per heavy atom. The Labute approximate surface area is 144 Å². The van der Waals surface area contributed by atoms with Gasteiger partial charge in [-0.25, -0.2) is 0 Å². The number of hydrogen-bond acceptors (Lipinski definition) is 4. The molecule has 0 amide bonds. The van der Waals surface area contributed by atoms with Crippen molar-refractivity contribution < 1.29 is 19.7 Å². The van der Waals surface area contributed by atoms with Crippen molar-refractivity contribution in [3.63, 3.8) is 0 Å². The molecule has 1 saturated heterocycles. The molecule has 0 radical (unpaired) electrons. The van der Waals surface area contributed by atoms with Gasteiger partial charge in [-0.3, -0.25) is 4.79 Å². The highest BCUT2D eigenvalue weighted by Crippen LogP contribution is 2.61. The monoisotopic (exact) mass is 334 g/mol. The quantitative estimate of drug-likeness (QED) is 0.615. The minimum absolute atomic E-state index is 0.00623. The Morgan fingerprint density at radius 3 is 2.67 bits per heavy atom. The molecule has 134 valence electrons. The highest BCUT2D eigenvalue weighted by molar-refractivity contribution is 5.76. The van der Waals surface area contributed by atoms with E-state index in [-0.39, 0.29) is 35.7 Å². The van der Waals surface area contributed by atoms with Crippen LogP contribution in [0.4, 0.5) is 0 Å². The van der Waals surface area contributed by atoms with Gasteiger partial charge in [0.2, 0.25) is 0 Å². The van der Waals surface area contributed by atoms with Crippen LogP contribution in [0, 0.1) is 28.6 Å². The number of esters is 1. The molecule has 3 fully saturated rings. The summed E-state index contributed by atoms with van der Waals surface area (Å²) >= 11 is 0. The first-order valence-corrected chi connectivity index (χ1v) is 9.14. The predicted octanol–water partition coefficient (Wildman–Crippen LogP) is 2.85. The van der Waals surface area contributed by atoms with E-state index >= 15 is 0 Å². The summed E-state index contributed by atoms with van der Waals surface area (Å²) in [6.07, 6.45) is 7.93. The topological polar surface area (TPSA) is 66.8 Å². The van der Waals surface area contributed by atoms with Crippen LogP contribution >= 0.6 is 0 Å². The van der Waals surface area contributed by atoms with Crippen molar-refractivity contribution in [2.75, 3.05) is 13.2 Å². The maximum atomic E-state index is 11.7. The van der Waals surface area contributed by atoms with Crippen molar-refractivity contribution in [1.82, 2.24) is 0 Å². The molecule has 2 aliphatic carbocycles. The number of carbonyl (C=O) groups excluding carboxylic acids is 1. The smallest absolute Gasteiger partial charge is 0.312 e. The van der Waals surface area contributed by atoms with Gasteiger partial charge in [0.15, 0.2) is 0 Å². The first-order valence-electron chi connectivity index (χ1n) is 9.14. The van der Waals surface area contributed by atoms with Gasteiger partial charge in [0.05, 0.1) is 25.2 Å². The van der Waals surface area contributed by atoms with Crippen LogP contribution in [-0.2, 0) is 9.53 Å². The molecule has 24 heavy (non-hydrogen) atoms. The number of cyclic esters (lactones) is 1. The lowest BCUT2D eigenvalue weighted by Gasteiger charge is -2.59. The Balaban J connectivity index is 1.89. The molecule has 0 bridgehead atoms. The molecule has 0 spiro atoms. The van der Waals surface area contributed by atoms with Gasteiger partial charge in [0, 0.05) is 11.3 Å². The van der Waals surface area contributed by atoms with Gasteiger partial charge in [-0.15, -0.1) is 0 Å². The summed E-state index contributed by atoms with van der Waals surface area (Å²) in [7, 11) is 0. The predicted molar refractivity (Wildman–Crippen MR) is 92.1 cm³/mol. The third-order valence-corrected chi connectivity index (χ3v) is 7.07. The first-order chi connectivity index (χ1) is 11.3. The molecular weight excluding hydrogens is 304 g/mol. The standard InChI is InChI=1S/C20H30O4/c1-13-4-7-16-19(2,10-8-17(22)20(16,3)12-21)15(13)6-5-14-9-11-24-18(14)23/h5-6,14-17,21-22H,1,4,7-12H2,2-3H3/b6-5+/t14-,15-,16?,17-,19+,20+/m0/s1. The van der Waals surface area contributed by atoms with Gasteiger partial charge in [-0.1, -0.05) is 38.2 Å². The highest BCUT2D eigenvalue weighted by atomic mass is 16.5. The summed E-state index contributed by atoms with van der Waals surface area (Å²) in [6, 6.07) is 0. The molecule has 3 aliphatic rings. The maximum absolute atomic E-state index is 11.7. The van der Waals surface area contributed by atoms with E-state index < -0.39 is 11.5 Å². The van der Waals surface area contributed by atoms with Gasteiger partial charge in [-0.05, 0) is 43.4 Å². The van der Waals surface area contributed by atoms with E-state index in [1.165, 1.54) is 5.57 Å². The van der Waals surface area contributed by atoms with Crippen LogP contribution in [-0.4, -0.2) is 35.5 Å². The largest absolute Gasteiger partial charge is 0.465 e. The molecule has 3 rings (SSSR count). The van der Waals surface area contributed by atoms with E-state index in [1.54, 1.807) is 0 Å². The van der Waals surface area contributed by atoms with Gasteiger partial charge in [0.1, 0.15) is 0 Å². The highest BCUT2D eigenvalue weighted by Gasteiger charge is 2.57. The zero-order valence-corrected chi connectivity index (χ0v) is 14.8. The van der Waals surface area contributed by atoms with E-state index in [0.29, 0.717) is 13.0 Å². The van der Waals surface area contributed by atoms with Crippen molar-refractivity contribution >= 4 is 5.97 Å². The molecule has 0 aromatic carbocycles. The number of fused-ring (bicyclic) bond motifs is 1. The number of aliphatic hydroxyl groups excluding tert-OH is 2. The normalized spacial score (nSPS) is 46.2. The molecular formula is C20H30O4. The van der Waals surface area contributed by atoms with Crippen LogP contribution in [0.15, 0.2) is 24.3 Å². The summed E-state index contributed by atoms with van der Waals surface area (Å²) in [5.74, 6) is 0.159. The molecule has 1 aliphatic heterocycles. The molecule has 2 saturated carbocycles. The number of allylic oxidation sites excluding steroid dienone is 2.